The van der Waals surface area contributed by atoms with Crippen molar-refractivity contribution < 1.29 is 4.79 Å². The van der Waals surface area contributed by atoms with Crippen molar-refractivity contribution in [2.75, 3.05) is 0 Å². The van der Waals surface area contributed by atoms with Crippen LogP contribution in [0.3, 0.4) is 0 Å². The third-order valence-corrected chi connectivity index (χ3v) is 5.66. The third kappa shape index (κ3) is 4.25. The number of carbonyl (C=O) groups is 1. The van der Waals surface area contributed by atoms with Crippen LogP contribution in [0.25, 0.3) is 5.69 Å². The molecule has 0 unspecified atom stereocenters. The lowest BCUT2D eigenvalue weighted by atomic mass is 10.2. The molecule has 1 N–H and O–H groups in total. The summed E-state index contributed by atoms with van der Waals surface area (Å²) in [5, 5.41) is 8.86. The molecule has 0 aliphatic rings. The van der Waals surface area contributed by atoms with Gasteiger partial charge in [0.05, 0.1) is 24.0 Å². The summed E-state index contributed by atoms with van der Waals surface area (Å²) in [6.07, 6.45) is 1.67. The quantitative estimate of drug-likeness (QED) is 0.359. The van der Waals surface area contributed by atoms with Gasteiger partial charge in [-0.1, -0.05) is 48.5 Å². The molecule has 0 atom stereocenters. The van der Waals surface area contributed by atoms with Gasteiger partial charge >= 0.3 is 0 Å². The van der Waals surface area contributed by atoms with Crippen LogP contribution in [-0.4, -0.2) is 26.5 Å². The number of nitrogens with one attached hydrogen (secondary N) is 1. The Bertz CT molecular complexity index is 1270. The second-order valence-electron chi connectivity index (χ2n) is 7.88. The van der Waals surface area contributed by atoms with Gasteiger partial charge in [-0.05, 0) is 51.5 Å². The monoisotopic (exact) mass is 425 g/mol. The Morgan fingerprint density at radius 1 is 0.969 bits per heavy atom. The average Bonchev–Trinajstić information content (AvgIpc) is 3.24. The molecule has 0 fully saturated rings. The highest BCUT2D eigenvalue weighted by atomic mass is 16.2. The molecule has 4 aromatic rings. The van der Waals surface area contributed by atoms with Gasteiger partial charge in [0.25, 0.3) is 5.91 Å². The van der Waals surface area contributed by atoms with E-state index < -0.39 is 0 Å². The van der Waals surface area contributed by atoms with Crippen molar-refractivity contribution in [3.8, 4) is 5.69 Å². The maximum absolute atomic E-state index is 12.8. The molecular weight excluding hydrogens is 398 g/mol. The summed E-state index contributed by atoms with van der Waals surface area (Å²) in [6.45, 7) is 8.60. The number of hydrazone groups is 1. The van der Waals surface area contributed by atoms with Gasteiger partial charge < -0.3 is 4.57 Å². The van der Waals surface area contributed by atoms with E-state index in [4.69, 9.17) is 0 Å². The Balaban J connectivity index is 1.50. The lowest BCUT2D eigenvalue weighted by molar-refractivity contribution is 0.0954. The molecule has 0 aliphatic carbocycles. The molecule has 0 radical (unpaired) electrons. The van der Waals surface area contributed by atoms with E-state index in [0.29, 0.717) is 12.1 Å². The van der Waals surface area contributed by atoms with Crippen molar-refractivity contribution in [2.24, 2.45) is 5.10 Å². The molecule has 0 bridgehead atoms. The predicted molar refractivity (Wildman–Crippen MR) is 128 cm³/mol. The van der Waals surface area contributed by atoms with E-state index in [1.807, 2.05) is 87.0 Å². The van der Waals surface area contributed by atoms with Gasteiger partial charge in [0.2, 0.25) is 0 Å². The second-order valence-corrected chi connectivity index (χ2v) is 7.88. The highest BCUT2D eigenvalue weighted by Gasteiger charge is 2.16. The molecule has 4 rings (SSSR count). The van der Waals surface area contributed by atoms with Gasteiger partial charge in [-0.2, -0.15) is 10.2 Å². The van der Waals surface area contributed by atoms with Gasteiger partial charge in [-0.15, -0.1) is 0 Å². The Morgan fingerprint density at radius 3 is 2.31 bits per heavy atom. The summed E-state index contributed by atoms with van der Waals surface area (Å²) in [7, 11) is 0. The van der Waals surface area contributed by atoms with Crippen molar-refractivity contribution in [2.45, 2.75) is 34.2 Å². The Kier molecular flexibility index (Phi) is 6.03. The zero-order chi connectivity index (χ0) is 22.7. The second kappa shape index (κ2) is 9.06. The van der Waals surface area contributed by atoms with Crippen molar-refractivity contribution in [1.82, 2.24) is 19.8 Å². The van der Waals surface area contributed by atoms with E-state index in [2.05, 4.69) is 32.3 Å². The summed E-state index contributed by atoms with van der Waals surface area (Å²) >= 11 is 0. The number of hydrogen-bond acceptors (Lipinski definition) is 3. The molecule has 2 aromatic heterocycles. The highest BCUT2D eigenvalue weighted by Crippen LogP contribution is 2.20. The first-order valence-corrected chi connectivity index (χ1v) is 10.6. The van der Waals surface area contributed by atoms with Gasteiger partial charge in [0.15, 0.2) is 0 Å². The summed E-state index contributed by atoms with van der Waals surface area (Å²) in [5.74, 6) is -0.233. The summed E-state index contributed by atoms with van der Waals surface area (Å²) < 4.78 is 4.03. The van der Waals surface area contributed by atoms with E-state index in [0.717, 1.165) is 34.0 Å². The number of aryl methyl sites for hydroxylation is 2. The summed E-state index contributed by atoms with van der Waals surface area (Å²) in [4.78, 5) is 12.8. The van der Waals surface area contributed by atoms with Crippen molar-refractivity contribution >= 4 is 12.1 Å². The topological polar surface area (TPSA) is 64.2 Å². The number of rotatable bonds is 6. The molecule has 162 valence electrons. The zero-order valence-electron chi connectivity index (χ0n) is 18.8. The van der Waals surface area contributed by atoms with Crippen molar-refractivity contribution in [3.05, 3.63) is 106 Å². The Hall–Kier alpha value is -3.93. The zero-order valence-corrected chi connectivity index (χ0v) is 18.8. The fourth-order valence-electron chi connectivity index (χ4n) is 3.99. The predicted octanol–water partition coefficient (Wildman–Crippen LogP) is 4.72. The minimum Gasteiger partial charge on any atom is -0.318 e. The Morgan fingerprint density at radius 2 is 1.62 bits per heavy atom. The fraction of sp³-hybridized carbons (Fsp3) is 0.192. The number of carbonyl (C=O) groups excluding carboxylic acids is 1. The van der Waals surface area contributed by atoms with Crippen LogP contribution in [0.2, 0.25) is 0 Å². The minimum absolute atomic E-state index is 0.233. The van der Waals surface area contributed by atoms with Crippen molar-refractivity contribution in [1.29, 1.82) is 0 Å². The number of amides is 1. The SMILES string of the molecule is Cc1nn(Cc2ccccc2)c(C)c1/C=N/NC(=O)c1cc(C)n(-c2ccccc2)c1C. The first-order valence-electron chi connectivity index (χ1n) is 10.6. The van der Waals surface area contributed by atoms with Gasteiger partial charge in [0.1, 0.15) is 0 Å². The average molecular weight is 426 g/mol. The van der Waals surface area contributed by atoms with Crippen LogP contribution in [-0.2, 0) is 6.54 Å². The van der Waals surface area contributed by atoms with Gasteiger partial charge in [-0.3, -0.25) is 9.48 Å². The fourth-order valence-corrected chi connectivity index (χ4v) is 3.99. The van der Waals surface area contributed by atoms with E-state index >= 15 is 0 Å². The van der Waals surface area contributed by atoms with E-state index in [1.165, 1.54) is 5.56 Å². The Labute approximate surface area is 188 Å². The lowest BCUT2D eigenvalue weighted by Gasteiger charge is -2.09. The number of para-hydroxylation sites is 1. The normalized spacial score (nSPS) is 11.2. The molecule has 6 heteroatoms. The minimum atomic E-state index is -0.233. The largest absolute Gasteiger partial charge is 0.318 e. The molecule has 32 heavy (non-hydrogen) atoms. The van der Waals surface area contributed by atoms with E-state index in [1.54, 1.807) is 6.21 Å². The van der Waals surface area contributed by atoms with E-state index in [-0.39, 0.29) is 5.91 Å². The molecule has 0 aliphatic heterocycles. The summed E-state index contributed by atoms with van der Waals surface area (Å²) in [5.41, 5.74) is 10.2. The maximum Gasteiger partial charge on any atom is 0.273 e. The van der Waals surface area contributed by atoms with Gasteiger partial charge in [-0.25, -0.2) is 5.43 Å². The van der Waals surface area contributed by atoms with Crippen molar-refractivity contribution in [3.63, 3.8) is 0 Å². The number of nitrogens with zero attached hydrogens (tertiary/aromatic N) is 4. The molecule has 0 saturated heterocycles. The molecule has 0 spiro atoms. The molecule has 0 saturated carbocycles. The maximum atomic E-state index is 12.8. The number of hydrogen-bond donors (Lipinski definition) is 1. The third-order valence-electron chi connectivity index (χ3n) is 5.66. The van der Waals surface area contributed by atoms with Crippen LogP contribution in [0, 0.1) is 27.7 Å². The first kappa shape index (κ1) is 21.3. The molecule has 1 amide bonds. The molecule has 2 heterocycles. The van der Waals surface area contributed by atoms with Crippen LogP contribution in [0.5, 0.6) is 0 Å². The van der Waals surface area contributed by atoms with Gasteiger partial charge in [0, 0.05) is 28.3 Å². The van der Waals surface area contributed by atoms with Crippen LogP contribution in [0.1, 0.15) is 44.3 Å². The molecular formula is C26H27N5O. The number of aromatic nitrogens is 3. The van der Waals surface area contributed by atoms with Crippen LogP contribution < -0.4 is 5.43 Å². The standard InChI is InChI=1S/C26H27N5O/c1-18-15-24(21(4)31(18)23-13-9-6-10-14-23)26(32)28-27-16-25-19(2)29-30(20(25)3)17-22-11-7-5-8-12-22/h5-16H,17H2,1-4H3,(H,28,32)/b27-16+. The van der Waals surface area contributed by atoms with Crippen LogP contribution >= 0.6 is 0 Å². The molecule has 6 nitrogen and oxygen atoms in total. The highest BCUT2D eigenvalue weighted by molar-refractivity contribution is 5.96. The lowest BCUT2D eigenvalue weighted by Crippen LogP contribution is -2.18. The number of benzene rings is 2. The van der Waals surface area contributed by atoms with E-state index in [9.17, 15) is 4.79 Å². The molecule has 2 aromatic carbocycles. The van der Waals surface area contributed by atoms with Crippen LogP contribution in [0.15, 0.2) is 71.8 Å². The first-order chi connectivity index (χ1) is 15.5. The summed E-state index contributed by atoms with van der Waals surface area (Å²) in [6, 6.07) is 22.1. The van der Waals surface area contributed by atoms with Crippen LogP contribution in [0.4, 0.5) is 0 Å². The smallest absolute Gasteiger partial charge is 0.273 e.